The first kappa shape index (κ1) is 20.9. The normalized spacial score (nSPS) is 16.4. The van der Waals surface area contributed by atoms with Crippen LogP contribution in [0.15, 0.2) is 24.3 Å². The highest BCUT2D eigenvalue weighted by atomic mass is 32.2. The molecule has 146 valence electrons. The van der Waals surface area contributed by atoms with Crippen LogP contribution < -0.4 is 5.32 Å². The largest absolute Gasteiger partial charge is 0.355 e. The van der Waals surface area contributed by atoms with Crippen LogP contribution in [-0.2, 0) is 20.2 Å². The number of aryl methyl sites for hydroxylation is 1. The molecule has 0 spiro atoms. The molecule has 1 aliphatic heterocycles. The third-order valence-electron chi connectivity index (χ3n) is 5.20. The predicted octanol–water partition coefficient (Wildman–Crippen LogP) is 2.98. The summed E-state index contributed by atoms with van der Waals surface area (Å²) in [5.41, 5.74) is 2.34. The second-order valence-corrected chi connectivity index (χ2v) is 9.96. The van der Waals surface area contributed by atoms with Crippen molar-refractivity contribution >= 4 is 15.9 Å². The van der Waals surface area contributed by atoms with E-state index in [1.165, 1.54) is 11.1 Å². The maximum absolute atomic E-state index is 12.3. The average molecular weight is 381 g/mol. The number of carbonyl (C=O) groups excluding carboxylic acids is 1. The molecule has 6 heteroatoms. The minimum atomic E-state index is -3.25. The number of nitrogens with zero attached hydrogens (tertiary/aromatic N) is 1. The average Bonchev–Trinajstić information content (AvgIpc) is 2.61. The summed E-state index contributed by atoms with van der Waals surface area (Å²) in [6.07, 6.45) is 4.07. The third-order valence-corrected chi connectivity index (χ3v) is 7.07. The molecule has 5 nitrogen and oxygen atoms in total. The van der Waals surface area contributed by atoms with E-state index in [0.717, 1.165) is 25.7 Å². The van der Waals surface area contributed by atoms with Gasteiger partial charge in [0.1, 0.15) is 0 Å². The molecule has 26 heavy (non-hydrogen) atoms. The number of benzene rings is 1. The molecule has 1 aromatic carbocycles. The number of hydrogen-bond donors (Lipinski definition) is 1. The SMILES string of the molecule is Cc1ccc(C(C)(C)CCC(=O)NCCS(=O)(=O)N2CCCCC2)cc1. The summed E-state index contributed by atoms with van der Waals surface area (Å²) in [6, 6.07) is 8.39. The van der Waals surface area contributed by atoms with E-state index in [0.29, 0.717) is 19.5 Å². The summed E-state index contributed by atoms with van der Waals surface area (Å²) in [6.45, 7) is 7.73. The van der Waals surface area contributed by atoms with Crippen LogP contribution in [0.3, 0.4) is 0 Å². The molecular weight excluding hydrogens is 348 g/mol. The van der Waals surface area contributed by atoms with Crippen LogP contribution >= 0.6 is 0 Å². The Balaban J connectivity index is 1.75. The van der Waals surface area contributed by atoms with Crippen molar-refractivity contribution in [1.82, 2.24) is 9.62 Å². The Bertz CT molecular complexity index is 690. The summed E-state index contributed by atoms with van der Waals surface area (Å²) in [5, 5.41) is 2.77. The lowest BCUT2D eigenvalue weighted by atomic mass is 9.80. The van der Waals surface area contributed by atoms with Gasteiger partial charge >= 0.3 is 0 Å². The fourth-order valence-corrected chi connectivity index (χ4v) is 4.69. The number of rotatable bonds is 8. The molecule has 0 aromatic heterocycles. The molecule has 1 aromatic rings. The van der Waals surface area contributed by atoms with E-state index in [1.54, 1.807) is 4.31 Å². The zero-order valence-electron chi connectivity index (χ0n) is 16.3. The van der Waals surface area contributed by atoms with Crippen LogP contribution in [0.4, 0.5) is 0 Å². The molecule has 0 unspecified atom stereocenters. The first-order valence-corrected chi connectivity index (χ1v) is 11.1. The van der Waals surface area contributed by atoms with Gasteiger partial charge < -0.3 is 5.32 Å². The van der Waals surface area contributed by atoms with Crippen molar-refractivity contribution in [3.05, 3.63) is 35.4 Å². The van der Waals surface area contributed by atoms with Gasteiger partial charge in [-0.3, -0.25) is 4.79 Å². The molecule has 1 heterocycles. The smallest absolute Gasteiger partial charge is 0.220 e. The lowest BCUT2D eigenvalue weighted by molar-refractivity contribution is -0.121. The minimum absolute atomic E-state index is 0.0138. The predicted molar refractivity (Wildman–Crippen MR) is 106 cm³/mol. The summed E-state index contributed by atoms with van der Waals surface area (Å²) < 4.78 is 26.1. The number of sulfonamides is 1. The number of hydrogen-bond acceptors (Lipinski definition) is 3. The van der Waals surface area contributed by atoms with Crippen molar-refractivity contribution in [2.24, 2.45) is 0 Å². The Morgan fingerprint density at radius 3 is 2.35 bits per heavy atom. The van der Waals surface area contributed by atoms with Gasteiger partial charge in [-0.05, 0) is 37.2 Å². The van der Waals surface area contributed by atoms with Crippen molar-refractivity contribution in [2.45, 2.75) is 58.3 Å². The Kier molecular flexibility index (Phi) is 7.24. The molecule has 0 aliphatic carbocycles. The van der Waals surface area contributed by atoms with Crippen LogP contribution in [0.1, 0.15) is 57.1 Å². The molecule has 2 rings (SSSR count). The highest BCUT2D eigenvalue weighted by Crippen LogP contribution is 2.28. The molecule has 1 aliphatic rings. The van der Waals surface area contributed by atoms with Gasteiger partial charge in [0.2, 0.25) is 15.9 Å². The molecule has 0 atom stereocenters. The number of carbonyl (C=O) groups is 1. The fourth-order valence-electron chi connectivity index (χ4n) is 3.26. The maximum Gasteiger partial charge on any atom is 0.220 e. The van der Waals surface area contributed by atoms with E-state index in [9.17, 15) is 13.2 Å². The van der Waals surface area contributed by atoms with E-state index in [-0.39, 0.29) is 23.6 Å². The van der Waals surface area contributed by atoms with Crippen LogP contribution in [0, 0.1) is 6.92 Å². The molecule has 1 amide bonds. The van der Waals surface area contributed by atoms with Gasteiger partial charge in [0, 0.05) is 26.1 Å². The van der Waals surface area contributed by atoms with Gasteiger partial charge in [0.15, 0.2) is 0 Å². The molecular formula is C20H32N2O3S. The van der Waals surface area contributed by atoms with Crippen molar-refractivity contribution in [1.29, 1.82) is 0 Å². The molecule has 1 fully saturated rings. The topological polar surface area (TPSA) is 66.5 Å². The van der Waals surface area contributed by atoms with E-state index >= 15 is 0 Å². The van der Waals surface area contributed by atoms with Crippen LogP contribution in [0.5, 0.6) is 0 Å². The van der Waals surface area contributed by atoms with E-state index in [2.05, 4.69) is 50.4 Å². The summed E-state index contributed by atoms with van der Waals surface area (Å²) in [4.78, 5) is 12.1. The molecule has 1 N–H and O–H groups in total. The summed E-state index contributed by atoms with van der Waals surface area (Å²) in [5.74, 6) is -0.0980. The van der Waals surface area contributed by atoms with Crippen molar-refractivity contribution in [3.8, 4) is 0 Å². The number of piperidine rings is 1. The number of nitrogens with one attached hydrogen (secondary N) is 1. The van der Waals surface area contributed by atoms with Gasteiger partial charge in [-0.15, -0.1) is 0 Å². The molecule has 1 saturated heterocycles. The van der Waals surface area contributed by atoms with Gasteiger partial charge in [-0.1, -0.05) is 50.1 Å². The second kappa shape index (κ2) is 9.00. The quantitative estimate of drug-likeness (QED) is 0.754. The van der Waals surface area contributed by atoms with Crippen molar-refractivity contribution in [2.75, 3.05) is 25.4 Å². The first-order valence-electron chi connectivity index (χ1n) is 9.52. The lowest BCUT2D eigenvalue weighted by Gasteiger charge is -2.26. The van der Waals surface area contributed by atoms with Gasteiger partial charge in [0.25, 0.3) is 0 Å². The Morgan fingerprint density at radius 2 is 1.73 bits per heavy atom. The number of amides is 1. The Labute approximate surface area is 158 Å². The molecule has 0 bridgehead atoms. The Morgan fingerprint density at radius 1 is 1.12 bits per heavy atom. The van der Waals surface area contributed by atoms with Crippen LogP contribution in [0.25, 0.3) is 0 Å². The minimum Gasteiger partial charge on any atom is -0.355 e. The van der Waals surface area contributed by atoms with Crippen molar-refractivity contribution in [3.63, 3.8) is 0 Å². The van der Waals surface area contributed by atoms with Gasteiger partial charge in [-0.2, -0.15) is 0 Å². The van der Waals surface area contributed by atoms with Gasteiger partial charge in [0.05, 0.1) is 5.75 Å². The zero-order valence-corrected chi connectivity index (χ0v) is 17.1. The van der Waals surface area contributed by atoms with E-state index in [4.69, 9.17) is 0 Å². The molecule has 0 radical (unpaired) electrons. The highest BCUT2D eigenvalue weighted by molar-refractivity contribution is 7.89. The van der Waals surface area contributed by atoms with Gasteiger partial charge in [-0.25, -0.2) is 12.7 Å². The summed E-state index contributed by atoms with van der Waals surface area (Å²) >= 11 is 0. The van der Waals surface area contributed by atoms with Crippen LogP contribution in [-0.4, -0.2) is 44.0 Å². The standard InChI is InChI=1S/C20H32N2O3S/c1-17-7-9-18(10-8-17)20(2,3)12-11-19(23)21-13-16-26(24,25)22-14-5-4-6-15-22/h7-10H,4-6,11-16H2,1-3H3,(H,21,23). The zero-order chi connectivity index (χ0) is 19.2. The highest BCUT2D eigenvalue weighted by Gasteiger charge is 2.24. The lowest BCUT2D eigenvalue weighted by Crippen LogP contribution is -2.40. The van der Waals surface area contributed by atoms with E-state index in [1.807, 2.05) is 0 Å². The van der Waals surface area contributed by atoms with E-state index < -0.39 is 10.0 Å². The third kappa shape index (κ3) is 6.09. The first-order chi connectivity index (χ1) is 12.2. The Hall–Kier alpha value is -1.40. The summed E-state index contributed by atoms with van der Waals surface area (Å²) in [7, 11) is -3.25. The fraction of sp³-hybridized carbons (Fsp3) is 0.650. The monoisotopic (exact) mass is 380 g/mol. The second-order valence-electron chi connectivity index (χ2n) is 7.88. The van der Waals surface area contributed by atoms with Crippen molar-refractivity contribution < 1.29 is 13.2 Å². The van der Waals surface area contributed by atoms with Crippen LogP contribution in [0.2, 0.25) is 0 Å². The molecule has 0 saturated carbocycles. The maximum atomic E-state index is 12.3.